The van der Waals surface area contributed by atoms with Crippen LogP contribution in [0.5, 0.6) is 0 Å². The molecule has 0 aromatic heterocycles. The number of carbonyl (C=O) groups is 3. The molecule has 2 aromatic carbocycles. The lowest BCUT2D eigenvalue weighted by molar-refractivity contribution is -0.137. The SMILES string of the molecule is CC1(c2ccc(F)cc2Cl)NC(=O)N(CC(=O)Nc2ccc(C(F)(F)F)cc2)C1=O. The van der Waals surface area contributed by atoms with Crippen molar-refractivity contribution in [3.8, 4) is 0 Å². The molecule has 1 unspecified atom stereocenters. The number of hydrogen-bond acceptors (Lipinski definition) is 3. The van der Waals surface area contributed by atoms with Crippen LogP contribution >= 0.6 is 11.6 Å². The van der Waals surface area contributed by atoms with E-state index in [0.29, 0.717) is 4.90 Å². The Morgan fingerprint density at radius 1 is 1.17 bits per heavy atom. The summed E-state index contributed by atoms with van der Waals surface area (Å²) in [4.78, 5) is 37.9. The molecule has 0 radical (unpaired) electrons. The van der Waals surface area contributed by atoms with Crippen LogP contribution in [-0.4, -0.2) is 29.3 Å². The van der Waals surface area contributed by atoms with Crippen molar-refractivity contribution in [3.63, 3.8) is 0 Å². The molecule has 4 amide bonds. The van der Waals surface area contributed by atoms with Crippen LogP contribution in [0.2, 0.25) is 5.02 Å². The van der Waals surface area contributed by atoms with Gasteiger partial charge < -0.3 is 10.6 Å². The molecule has 1 fully saturated rings. The Morgan fingerprint density at radius 3 is 2.37 bits per heavy atom. The summed E-state index contributed by atoms with van der Waals surface area (Å²) >= 11 is 6.00. The largest absolute Gasteiger partial charge is 0.416 e. The third kappa shape index (κ3) is 4.09. The number of carbonyl (C=O) groups excluding carboxylic acids is 3. The zero-order chi connectivity index (χ0) is 22.3. The molecule has 1 heterocycles. The van der Waals surface area contributed by atoms with Gasteiger partial charge in [-0.05, 0) is 43.3 Å². The summed E-state index contributed by atoms with van der Waals surface area (Å²) in [6.07, 6.45) is -4.52. The number of halogens is 5. The Hall–Kier alpha value is -3.14. The summed E-state index contributed by atoms with van der Waals surface area (Å²) in [5.41, 5.74) is -2.29. The maximum absolute atomic E-state index is 13.3. The van der Waals surface area contributed by atoms with Crippen LogP contribution in [0.4, 0.5) is 28.0 Å². The second-order valence-electron chi connectivity index (χ2n) is 6.69. The van der Waals surface area contributed by atoms with Crippen molar-refractivity contribution in [2.75, 3.05) is 11.9 Å². The summed E-state index contributed by atoms with van der Waals surface area (Å²) in [7, 11) is 0. The van der Waals surface area contributed by atoms with Gasteiger partial charge in [-0.3, -0.25) is 14.5 Å². The molecule has 11 heteroatoms. The van der Waals surface area contributed by atoms with E-state index in [1.54, 1.807) is 0 Å². The van der Waals surface area contributed by atoms with Gasteiger partial charge in [0.2, 0.25) is 5.91 Å². The summed E-state index contributed by atoms with van der Waals surface area (Å²) in [5, 5.41) is 4.66. The van der Waals surface area contributed by atoms with Gasteiger partial charge in [-0.15, -0.1) is 0 Å². The van der Waals surface area contributed by atoms with E-state index < -0.39 is 47.5 Å². The van der Waals surface area contributed by atoms with Crippen molar-refractivity contribution in [2.24, 2.45) is 0 Å². The predicted molar refractivity (Wildman–Crippen MR) is 99.1 cm³/mol. The average molecular weight is 444 g/mol. The first-order valence-electron chi connectivity index (χ1n) is 8.48. The van der Waals surface area contributed by atoms with Gasteiger partial charge >= 0.3 is 12.2 Å². The number of urea groups is 1. The number of hydrogen-bond donors (Lipinski definition) is 2. The van der Waals surface area contributed by atoms with Crippen LogP contribution in [0, 0.1) is 5.82 Å². The van der Waals surface area contributed by atoms with E-state index in [9.17, 15) is 31.9 Å². The number of nitrogens with one attached hydrogen (secondary N) is 2. The Bertz CT molecular complexity index is 1030. The molecule has 1 saturated heterocycles. The van der Waals surface area contributed by atoms with E-state index in [4.69, 9.17) is 11.6 Å². The molecule has 30 heavy (non-hydrogen) atoms. The maximum atomic E-state index is 13.3. The van der Waals surface area contributed by atoms with E-state index >= 15 is 0 Å². The van der Waals surface area contributed by atoms with Crippen molar-refractivity contribution < 1.29 is 31.9 Å². The molecule has 1 atom stereocenters. The summed E-state index contributed by atoms with van der Waals surface area (Å²) in [6.45, 7) is 0.681. The van der Waals surface area contributed by atoms with Crippen molar-refractivity contribution in [2.45, 2.75) is 18.6 Å². The van der Waals surface area contributed by atoms with Crippen molar-refractivity contribution in [3.05, 3.63) is 64.4 Å². The molecule has 0 saturated carbocycles. The lowest BCUT2D eigenvalue weighted by atomic mass is 9.92. The van der Waals surface area contributed by atoms with E-state index in [-0.39, 0.29) is 16.3 Å². The molecule has 158 valence electrons. The Morgan fingerprint density at radius 2 is 1.80 bits per heavy atom. The average Bonchev–Trinajstić information content (AvgIpc) is 2.85. The minimum absolute atomic E-state index is 0.0596. The molecule has 1 aliphatic rings. The Labute approximate surface area is 172 Å². The van der Waals surface area contributed by atoms with Crippen LogP contribution in [0.1, 0.15) is 18.1 Å². The summed E-state index contributed by atoms with van der Waals surface area (Å²) < 4.78 is 51.1. The van der Waals surface area contributed by atoms with Gasteiger partial charge in [-0.1, -0.05) is 17.7 Å². The third-order valence-corrected chi connectivity index (χ3v) is 4.86. The number of imide groups is 1. The van der Waals surface area contributed by atoms with Gasteiger partial charge in [0.15, 0.2) is 0 Å². The molecule has 2 N–H and O–H groups in total. The molecule has 1 aliphatic heterocycles. The van der Waals surface area contributed by atoms with Crippen molar-refractivity contribution in [1.82, 2.24) is 10.2 Å². The lowest BCUT2D eigenvalue weighted by Gasteiger charge is -2.23. The van der Waals surface area contributed by atoms with Crippen LogP contribution in [0.25, 0.3) is 0 Å². The highest BCUT2D eigenvalue weighted by molar-refractivity contribution is 6.32. The highest BCUT2D eigenvalue weighted by Gasteiger charge is 2.50. The molecule has 0 aliphatic carbocycles. The van der Waals surface area contributed by atoms with Crippen LogP contribution in [0.3, 0.4) is 0 Å². The van der Waals surface area contributed by atoms with Gasteiger partial charge in [0.05, 0.1) is 5.56 Å². The van der Waals surface area contributed by atoms with Gasteiger partial charge in [0.1, 0.15) is 17.9 Å². The molecule has 2 aromatic rings. The minimum atomic E-state index is -4.52. The van der Waals surface area contributed by atoms with Crippen LogP contribution < -0.4 is 10.6 Å². The molecular weight excluding hydrogens is 430 g/mol. The van der Waals surface area contributed by atoms with Crippen LogP contribution in [-0.2, 0) is 21.3 Å². The minimum Gasteiger partial charge on any atom is -0.325 e. The number of amides is 4. The normalized spacial score (nSPS) is 19.1. The number of nitrogens with zero attached hydrogens (tertiary/aromatic N) is 1. The number of anilines is 1. The van der Waals surface area contributed by atoms with E-state index in [2.05, 4.69) is 10.6 Å². The maximum Gasteiger partial charge on any atom is 0.416 e. The first-order chi connectivity index (χ1) is 13.9. The molecule has 6 nitrogen and oxygen atoms in total. The second kappa shape index (κ2) is 7.60. The van der Waals surface area contributed by atoms with Crippen molar-refractivity contribution in [1.29, 1.82) is 0 Å². The van der Waals surface area contributed by atoms with Crippen LogP contribution in [0.15, 0.2) is 42.5 Å². The number of benzene rings is 2. The van der Waals surface area contributed by atoms with E-state index in [1.807, 2.05) is 0 Å². The monoisotopic (exact) mass is 443 g/mol. The zero-order valence-electron chi connectivity index (χ0n) is 15.3. The molecular formula is C19H14ClF4N3O3. The highest BCUT2D eigenvalue weighted by atomic mass is 35.5. The fourth-order valence-corrected chi connectivity index (χ4v) is 3.36. The number of rotatable bonds is 4. The molecule has 3 rings (SSSR count). The topological polar surface area (TPSA) is 78.5 Å². The van der Waals surface area contributed by atoms with Gasteiger partial charge in [0.25, 0.3) is 5.91 Å². The first-order valence-corrected chi connectivity index (χ1v) is 8.86. The van der Waals surface area contributed by atoms with E-state index in [1.165, 1.54) is 13.0 Å². The van der Waals surface area contributed by atoms with Gasteiger partial charge in [-0.25, -0.2) is 9.18 Å². The van der Waals surface area contributed by atoms with Gasteiger partial charge in [0, 0.05) is 16.3 Å². The summed E-state index contributed by atoms with van der Waals surface area (Å²) in [6, 6.07) is 6.12. The summed E-state index contributed by atoms with van der Waals surface area (Å²) in [5.74, 6) is -2.21. The standard InChI is InChI=1S/C19H14ClF4N3O3/c1-18(13-7-4-11(21)8-14(13)20)16(29)27(17(30)26-18)9-15(28)25-12-5-2-10(3-6-12)19(22,23)24/h2-8H,9H2,1H3,(H,25,28)(H,26,30). The fourth-order valence-electron chi connectivity index (χ4n) is 3.00. The highest BCUT2D eigenvalue weighted by Crippen LogP contribution is 2.34. The second-order valence-corrected chi connectivity index (χ2v) is 7.10. The zero-order valence-corrected chi connectivity index (χ0v) is 16.1. The Kier molecular flexibility index (Phi) is 5.46. The van der Waals surface area contributed by atoms with Gasteiger partial charge in [-0.2, -0.15) is 13.2 Å². The predicted octanol–water partition coefficient (Wildman–Crippen LogP) is 3.90. The molecule has 0 spiro atoms. The number of alkyl halides is 3. The smallest absolute Gasteiger partial charge is 0.325 e. The third-order valence-electron chi connectivity index (χ3n) is 4.54. The van der Waals surface area contributed by atoms with Crippen molar-refractivity contribution >= 4 is 35.1 Å². The molecule has 0 bridgehead atoms. The van der Waals surface area contributed by atoms with E-state index in [0.717, 1.165) is 36.4 Å². The quantitative estimate of drug-likeness (QED) is 0.555. The Balaban J connectivity index is 1.73. The fraction of sp³-hybridized carbons (Fsp3) is 0.211. The lowest BCUT2D eigenvalue weighted by Crippen LogP contribution is -2.42. The first kappa shape index (κ1) is 21.6.